The first-order chi connectivity index (χ1) is 12.7. The minimum absolute atomic E-state index is 0.818. The molecule has 0 unspecified atom stereocenters. The monoisotopic (exact) mass is 349 g/mol. The maximum Gasteiger partial charge on any atom is 0.0594 e. The zero-order valence-electron chi connectivity index (χ0n) is 15.4. The lowest BCUT2D eigenvalue weighted by Crippen LogP contribution is -2.38. The fraction of sp³-hybridized carbons (Fsp3) is 0.364. The third-order valence-electron chi connectivity index (χ3n) is 5.47. The second-order valence-electron chi connectivity index (χ2n) is 7.11. The van der Waals surface area contributed by atoms with Crippen molar-refractivity contribution in [1.82, 2.24) is 9.47 Å². The summed E-state index contributed by atoms with van der Waals surface area (Å²) in [5, 5.41) is 1.36. The van der Waals surface area contributed by atoms with Gasteiger partial charge in [-0.3, -0.25) is 4.90 Å². The van der Waals surface area contributed by atoms with Crippen LogP contribution in [0.2, 0.25) is 0 Å². The predicted molar refractivity (Wildman–Crippen MR) is 108 cm³/mol. The van der Waals surface area contributed by atoms with Gasteiger partial charge in [0.2, 0.25) is 0 Å². The Hall–Kier alpha value is -2.30. The molecule has 2 aromatic carbocycles. The molecule has 136 valence electrons. The van der Waals surface area contributed by atoms with E-state index in [4.69, 9.17) is 10.5 Å². The van der Waals surface area contributed by atoms with Crippen molar-refractivity contribution >= 4 is 16.6 Å². The van der Waals surface area contributed by atoms with E-state index >= 15 is 0 Å². The number of hydrogen-bond donors (Lipinski definition) is 1. The highest BCUT2D eigenvalue weighted by atomic mass is 16.5. The molecular formula is C22H27N3O. The summed E-state index contributed by atoms with van der Waals surface area (Å²) in [6.45, 7) is 8.14. The number of para-hydroxylation sites is 1. The molecule has 26 heavy (non-hydrogen) atoms. The summed E-state index contributed by atoms with van der Waals surface area (Å²) >= 11 is 0. The lowest BCUT2D eigenvalue weighted by Gasteiger charge is -2.27. The number of nitrogens with zero attached hydrogens (tertiary/aromatic N) is 2. The fourth-order valence-corrected chi connectivity index (χ4v) is 3.92. The Kier molecular flexibility index (Phi) is 4.96. The van der Waals surface area contributed by atoms with Crippen LogP contribution in [-0.4, -0.2) is 42.3 Å². The van der Waals surface area contributed by atoms with Crippen LogP contribution in [0.15, 0.2) is 48.5 Å². The van der Waals surface area contributed by atoms with Gasteiger partial charge >= 0.3 is 0 Å². The minimum atomic E-state index is 0.818. The van der Waals surface area contributed by atoms with Gasteiger partial charge in [-0.05, 0) is 42.7 Å². The summed E-state index contributed by atoms with van der Waals surface area (Å²) in [5.74, 6) is 0. The largest absolute Gasteiger partial charge is 0.399 e. The van der Waals surface area contributed by atoms with E-state index < -0.39 is 0 Å². The zero-order valence-corrected chi connectivity index (χ0v) is 15.4. The van der Waals surface area contributed by atoms with Crippen molar-refractivity contribution in [2.24, 2.45) is 0 Å². The van der Waals surface area contributed by atoms with E-state index in [2.05, 4.69) is 52.8 Å². The van der Waals surface area contributed by atoms with Gasteiger partial charge in [-0.2, -0.15) is 0 Å². The molecule has 4 nitrogen and oxygen atoms in total. The van der Waals surface area contributed by atoms with Gasteiger partial charge in [-0.15, -0.1) is 0 Å². The summed E-state index contributed by atoms with van der Waals surface area (Å²) in [4.78, 5) is 2.50. The molecule has 2 heterocycles. The molecule has 0 radical (unpaired) electrons. The van der Waals surface area contributed by atoms with Crippen LogP contribution < -0.4 is 5.73 Å². The summed E-state index contributed by atoms with van der Waals surface area (Å²) in [6.07, 6.45) is 0.942. The highest BCUT2D eigenvalue weighted by molar-refractivity contribution is 5.86. The third-order valence-corrected chi connectivity index (χ3v) is 5.47. The third kappa shape index (κ3) is 3.48. The smallest absolute Gasteiger partial charge is 0.0594 e. The van der Waals surface area contributed by atoms with E-state index in [0.29, 0.717) is 0 Å². The Bertz CT molecular complexity index is 876. The zero-order chi connectivity index (χ0) is 17.9. The van der Waals surface area contributed by atoms with Crippen LogP contribution in [0, 0.1) is 6.92 Å². The predicted octanol–water partition coefficient (Wildman–Crippen LogP) is 3.45. The van der Waals surface area contributed by atoms with Gasteiger partial charge < -0.3 is 15.0 Å². The van der Waals surface area contributed by atoms with Crippen LogP contribution in [-0.2, 0) is 17.7 Å². The van der Waals surface area contributed by atoms with E-state index in [1.54, 1.807) is 0 Å². The number of fused-ring (bicyclic) bond motifs is 1. The Morgan fingerprint density at radius 2 is 1.69 bits per heavy atom. The quantitative estimate of drug-likeness (QED) is 0.718. The van der Waals surface area contributed by atoms with Crippen molar-refractivity contribution < 1.29 is 4.74 Å². The van der Waals surface area contributed by atoms with Crippen LogP contribution in [0.4, 0.5) is 5.69 Å². The number of benzene rings is 2. The van der Waals surface area contributed by atoms with Crippen LogP contribution in [0.5, 0.6) is 0 Å². The standard InChI is InChI=1S/C22H27N3O/c1-17-21(16-18-6-8-19(23)9-7-18)20-4-2-3-5-22(20)25(17)11-10-24-12-14-26-15-13-24/h2-9H,10-16,23H2,1H3. The molecule has 1 aromatic heterocycles. The lowest BCUT2D eigenvalue weighted by molar-refractivity contribution is 0.0365. The Labute approximate surface area is 155 Å². The molecule has 0 aliphatic carbocycles. The van der Waals surface area contributed by atoms with Gasteiger partial charge in [0.1, 0.15) is 0 Å². The van der Waals surface area contributed by atoms with Crippen molar-refractivity contribution in [1.29, 1.82) is 0 Å². The number of hydrogen-bond acceptors (Lipinski definition) is 3. The first-order valence-corrected chi connectivity index (χ1v) is 9.43. The average molecular weight is 349 g/mol. The molecule has 0 saturated carbocycles. The second kappa shape index (κ2) is 7.52. The van der Waals surface area contributed by atoms with Gasteiger partial charge in [0.15, 0.2) is 0 Å². The molecule has 4 heteroatoms. The molecule has 1 saturated heterocycles. The van der Waals surface area contributed by atoms with Gasteiger partial charge in [0.05, 0.1) is 13.2 Å². The van der Waals surface area contributed by atoms with Crippen molar-refractivity contribution in [2.75, 3.05) is 38.6 Å². The summed E-state index contributed by atoms with van der Waals surface area (Å²) in [6, 6.07) is 17.0. The van der Waals surface area contributed by atoms with Gasteiger partial charge in [0, 0.05) is 48.5 Å². The number of anilines is 1. The number of rotatable bonds is 5. The highest BCUT2D eigenvalue weighted by Crippen LogP contribution is 2.28. The molecule has 3 aromatic rings. The summed E-state index contributed by atoms with van der Waals surface area (Å²) in [5.41, 5.74) is 12.1. The number of nitrogen functional groups attached to an aromatic ring is 1. The van der Waals surface area contributed by atoms with E-state index in [1.807, 2.05) is 12.1 Å². The maximum atomic E-state index is 5.84. The van der Waals surface area contributed by atoms with Gasteiger partial charge in [0.25, 0.3) is 0 Å². The first kappa shape index (κ1) is 17.1. The molecular weight excluding hydrogens is 322 g/mol. The van der Waals surface area contributed by atoms with E-state index in [1.165, 1.54) is 27.7 Å². The van der Waals surface area contributed by atoms with Crippen molar-refractivity contribution in [3.05, 3.63) is 65.4 Å². The second-order valence-corrected chi connectivity index (χ2v) is 7.11. The number of ether oxygens (including phenoxy) is 1. The van der Waals surface area contributed by atoms with E-state index in [9.17, 15) is 0 Å². The maximum absolute atomic E-state index is 5.84. The van der Waals surface area contributed by atoms with Crippen LogP contribution in [0.3, 0.4) is 0 Å². The van der Waals surface area contributed by atoms with E-state index in [-0.39, 0.29) is 0 Å². The summed E-state index contributed by atoms with van der Waals surface area (Å²) in [7, 11) is 0. The lowest BCUT2D eigenvalue weighted by atomic mass is 10.0. The number of morpholine rings is 1. The van der Waals surface area contributed by atoms with Crippen LogP contribution in [0.25, 0.3) is 10.9 Å². The topological polar surface area (TPSA) is 43.4 Å². The minimum Gasteiger partial charge on any atom is -0.399 e. The normalized spacial score (nSPS) is 15.6. The molecule has 2 N–H and O–H groups in total. The number of aromatic nitrogens is 1. The van der Waals surface area contributed by atoms with Gasteiger partial charge in [-0.1, -0.05) is 30.3 Å². The molecule has 1 aliphatic heterocycles. The molecule has 0 bridgehead atoms. The first-order valence-electron chi connectivity index (χ1n) is 9.43. The molecule has 0 atom stereocenters. The molecule has 1 aliphatic rings. The van der Waals surface area contributed by atoms with Gasteiger partial charge in [-0.25, -0.2) is 0 Å². The van der Waals surface area contributed by atoms with Crippen LogP contribution in [0.1, 0.15) is 16.8 Å². The van der Waals surface area contributed by atoms with Crippen molar-refractivity contribution in [2.45, 2.75) is 19.9 Å². The Morgan fingerprint density at radius 3 is 2.46 bits per heavy atom. The van der Waals surface area contributed by atoms with Crippen molar-refractivity contribution in [3.8, 4) is 0 Å². The van der Waals surface area contributed by atoms with Crippen molar-refractivity contribution in [3.63, 3.8) is 0 Å². The Morgan fingerprint density at radius 1 is 0.962 bits per heavy atom. The number of nitrogens with two attached hydrogens (primary N) is 1. The highest BCUT2D eigenvalue weighted by Gasteiger charge is 2.16. The Balaban J connectivity index is 1.62. The molecule has 1 fully saturated rings. The molecule has 0 amide bonds. The average Bonchev–Trinajstić information content (AvgIpc) is 2.94. The molecule has 4 rings (SSSR count). The fourth-order valence-electron chi connectivity index (χ4n) is 3.92. The SMILES string of the molecule is Cc1c(Cc2ccc(N)cc2)c2ccccc2n1CCN1CCOCC1. The van der Waals surface area contributed by atoms with Crippen LogP contribution >= 0.6 is 0 Å². The van der Waals surface area contributed by atoms with E-state index in [0.717, 1.165) is 51.5 Å². The molecule has 0 spiro atoms. The summed E-state index contributed by atoms with van der Waals surface area (Å²) < 4.78 is 7.95.